The number of nitrogens with zero attached hydrogens (tertiary/aromatic N) is 2. The van der Waals surface area contributed by atoms with Crippen molar-refractivity contribution in [1.82, 2.24) is 0 Å². The van der Waals surface area contributed by atoms with Crippen molar-refractivity contribution < 1.29 is 9.85 Å². The van der Waals surface area contributed by atoms with Crippen molar-refractivity contribution in [3.63, 3.8) is 0 Å². The fourth-order valence-electron chi connectivity index (χ4n) is 1.06. The van der Waals surface area contributed by atoms with Crippen molar-refractivity contribution in [2.75, 3.05) is 5.73 Å². The molecule has 0 radical (unpaired) electrons. The predicted octanol–water partition coefficient (Wildman–Crippen LogP) is 1.39. The molecular formula is C7H7N3O4. The molecule has 0 aliphatic carbocycles. The summed E-state index contributed by atoms with van der Waals surface area (Å²) >= 11 is 0. The number of aryl methyl sites for hydroxylation is 1. The Balaban J connectivity index is 3.47. The van der Waals surface area contributed by atoms with E-state index in [1.807, 2.05) is 0 Å². The third kappa shape index (κ3) is 1.60. The summed E-state index contributed by atoms with van der Waals surface area (Å²) in [7, 11) is 0. The number of nitro benzene ring substituents is 2. The molecule has 2 N–H and O–H groups in total. The summed E-state index contributed by atoms with van der Waals surface area (Å²) in [5.74, 6) is 0. The molecule has 1 aromatic carbocycles. The molecule has 1 rings (SSSR count). The quantitative estimate of drug-likeness (QED) is 0.437. The van der Waals surface area contributed by atoms with Crippen LogP contribution in [0.25, 0.3) is 0 Å². The minimum Gasteiger partial charge on any atom is -0.388 e. The highest BCUT2D eigenvalue weighted by atomic mass is 16.6. The summed E-state index contributed by atoms with van der Waals surface area (Å²) in [6.07, 6.45) is 0. The minimum atomic E-state index is -0.741. The third-order valence-corrected chi connectivity index (χ3v) is 1.67. The van der Waals surface area contributed by atoms with E-state index in [0.717, 1.165) is 0 Å². The maximum Gasteiger partial charge on any atom is 0.299 e. The molecule has 0 heterocycles. The minimum absolute atomic E-state index is 0.411. The topological polar surface area (TPSA) is 112 Å². The largest absolute Gasteiger partial charge is 0.388 e. The van der Waals surface area contributed by atoms with E-state index in [1.165, 1.54) is 19.1 Å². The van der Waals surface area contributed by atoms with Gasteiger partial charge < -0.3 is 5.73 Å². The van der Waals surface area contributed by atoms with Crippen LogP contribution in [-0.2, 0) is 0 Å². The van der Waals surface area contributed by atoms with Gasteiger partial charge in [0.05, 0.1) is 9.85 Å². The fraction of sp³-hybridized carbons (Fsp3) is 0.143. The lowest BCUT2D eigenvalue weighted by molar-refractivity contribution is -0.392. The molecular weight excluding hydrogens is 190 g/mol. The van der Waals surface area contributed by atoms with Gasteiger partial charge >= 0.3 is 0 Å². The lowest BCUT2D eigenvalue weighted by Crippen LogP contribution is -2.01. The molecule has 0 aliphatic heterocycles. The van der Waals surface area contributed by atoms with Crippen LogP contribution in [0.4, 0.5) is 17.1 Å². The summed E-state index contributed by atoms with van der Waals surface area (Å²) in [5, 5.41) is 20.9. The second-order valence-corrected chi connectivity index (χ2v) is 2.73. The highest BCUT2D eigenvalue weighted by molar-refractivity contribution is 5.71. The second kappa shape index (κ2) is 3.29. The summed E-state index contributed by atoms with van der Waals surface area (Å²) in [4.78, 5) is 19.4. The monoisotopic (exact) mass is 197 g/mol. The zero-order chi connectivity index (χ0) is 10.9. The first-order valence-electron chi connectivity index (χ1n) is 3.62. The molecule has 0 bridgehead atoms. The van der Waals surface area contributed by atoms with Crippen LogP contribution in [0.1, 0.15) is 5.56 Å². The number of nitrogens with two attached hydrogens (primary N) is 1. The zero-order valence-electron chi connectivity index (χ0n) is 7.26. The van der Waals surface area contributed by atoms with Gasteiger partial charge in [0.1, 0.15) is 0 Å². The standard InChI is InChI=1S/C7H7N3O4/c1-4-2-5(9(11)12)7(8)6(3-4)10(13)14/h2-3H,8H2,1H3. The number of rotatable bonds is 2. The smallest absolute Gasteiger partial charge is 0.299 e. The van der Waals surface area contributed by atoms with Gasteiger partial charge in [-0.25, -0.2) is 0 Å². The van der Waals surface area contributed by atoms with Gasteiger partial charge in [-0.15, -0.1) is 0 Å². The molecule has 0 atom stereocenters. The number of nitro groups is 2. The van der Waals surface area contributed by atoms with E-state index < -0.39 is 26.9 Å². The van der Waals surface area contributed by atoms with E-state index in [0.29, 0.717) is 5.56 Å². The van der Waals surface area contributed by atoms with E-state index in [9.17, 15) is 20.2 Å². The highest BCUT2D eigenvalue weighted by Crippen LogP contribution is 2.32. The third-order valence-electron chi connectivity index (χ3n) is 1.67. The van der Waals surface area contributed by atoms with Gasteiger partial charge in [0.25, 0.3) is 11.4 Å². The molecule has 0 saturated heterocycles. The van der Waals surface area contributed by atoms with Crippen LogP contribution < -0.4 is 5.73 Å². The van der Waals surface area contributed by atoms with E-state index in [-0.39, 0.29) is 0 Å². The zero-order valence-corrected chi connectivity index (χ0v) is 7.26. The Morgan fingerprint density at radius 1 is 1.14 bits per heavy atom. The summed E-state index contributed by atoms with van der Waals surface area (Å²) in [6, 6.07) is 2.39. The lowest BCUT2D eigenvalue weighted by atomic mass is 10.1. The first-order valence-corrected chi connectivity index (χ1v) is 3.62. The SMILES string of the molecule is Cc1cc([N+](=O)[O-])c(N)c([N+](=O)[O-])c1. The number of anilines is 1. The van der Waals surface area contributed by atoms with Gasteiger partial charge in [-0.05, 0) is 12.5 Å². The van der Waals surface area contributed by atoms with Gasteiger partial charge in [0.15, 0.2) is 5.69 Å². The summed E-state index contributed by atoms with van der Waals surface area (Å²) in [6.45, 7) is 1.53. The normalized spacial score (nSPS) is 9.79. The first-order chi connectivity index (χ1) is 6.43. The van der Waals surface area contributed by atoms with Crippen molar-refractivity contribution in [3.8, 4) is 0 Å². The lowest BCUT2D eigenvalue weighted by Gasteiger charge is -1.99. The van der Waals surface area contributed by atoms with E-state index in [4.69, 9.17) is 5.73 Å². The van der Waals surface area contributed by atoms with Crippen molar-refractivity contribution in [2.45, 2.75) is 6.92 Å². The maximum absolute atomic E-state index is 10.5. The van der Waals surface area contributed by atoms with Gasteiger partial charge in [0, 0.05) is 12.1 Å². The van der Waals surface area contributed by atoms with Crippen molar-refractivity contribution in [3.05, 3.63) is 37.9 Å². The maximum atomic E-state index is 10.5. The van der Waals surface area contributed by atoms with Crippen molar-refractivity contribution in [2.24, 2.45) is 0 Å². The Labute approximate surface area is 78.4 Å². The fourth-order valence-corrected chi connectivity index (χ4v) is 1.06. The predicted molar refractivity (Wildman–Crippen MR) is 48.9 cm³/mol. The average Bonchev–Trinajstić information content (AvgIpc) is 2.07. The average molecular weight is 197 g/mol. The molecule has 0 saturated carbocycles. The molecule has 0 amide bonds. The molecule has 0 unspecified atom stereocenters. The molecule has 7 heteroatoms. The molecule has 0 aliphatic rings. The molecule has 1 aromatic rings. The van der Waals surface area contributed by atoms with Crippen LogP contribution in [0.3, 0.4) is 0 Å². The van der Waals surface area contributed by atoms with Gasteiger partial charge in [0.2, 0.25) is 0 Å². The molecule has 7 nitrogen and oxygen atoms in total. The van der Waals surface area contributed by atoms with Crippen LogP contribution in [-0.4, -0.2) is 9.85 Å². The second-order valence-electron chi connectivity index (χ2n) is 2.73. The van der Waals surface area contributed by atoms with Crippen molar-refractivity contribution >= 4 is 17.1 Å². The summed E-state index contributed by atoms with van der Waals surface area (Å²) in [5.41, 5.74) is 4.42. The Morgan fingerprint density at radius 3 is 1.79 bits per heavy atom. The molecule has 74 valence electrons. The Kier molecular flexibility index (Phi) is 2.32. The molecule has 14 heavy (non-hydrogen) atoms. The molecule has 0 spiro atoms. The Bertz CT molecular complexity index is 380. The van der Waals surface area contributed by atoms with Crippen LogP contribution in [0.2, 0.25) is 0 Å². The Hall–Kier alpha value is -2.18. The van der Waals surface area contributed by atoms with E-state index in [1.54, 1.807) is 0 Å². The van der Waals surface area contributed by atoms with Gasteiger partial charge in [-0.2, -0.15) is 0 Å². The van der Waals surface area contributed by atoms with Crippen LogP contribution in [0.15, 0.2) is 12.1 Å². The van der Waals surface area contributed by atoms with E-state index >= 15 is 0 Å². The number of hydrogen-bond acceptors (Lipinski definition) is 5. The Morgan fingerprint density at radius 2 is 1.50 bits per heavy atom. The van der Waals surface area contributed by atoms with Crippen molar-refractivity contribution in [1.29, 1.82) is 0 Å². The van der Waals surface area contributed by atoms with Crippen LogP contribution in [0, 0.1) is 27.2 Å². The van der Waals surface area contributed by atoms with E-state index in [2.05, 4.69) is 0 Å². The van der Waals surface area contributed by atoms with Gasteiger partial charge in [-0.1, -0.05) is 0 Å². The number of hydrogen-bond donors (Lipinski definition) is 1. The van der Waals surface area contributed by atoms with Gasteiger partial charge in [-0.3, -0.25) is 20.2 Å². The number of nitrogen functional groups attached to an aromatic ring is 1. The summed E-state index contributed by atoms with van der Waals surface area (Å²) < 4.78 is 0. The highest BCUT2D eigenvalue weighted by Gasteiger charge is 2.22. The first kappa shape index (κ1) is 9.90. The molecule has 0 fully saturated rings. The molecule has 0 aromatic heterocycles. The van der Waals surface area contributed by atoms with Crippen LogP contribution in [0.5, 0.6) is 0 Å². The number of benzene rings is 1. The van der Waals surface area contributed by atoms with Crippen LogP contribution >= 0.6 is 0 Å².